The summed E-state index contributed by atoms with van der Waals surface area (Å²) in [7, 11) is 0. The van der Waals surface area contributed by atoms with Crippen LogP contribution >= 0.6 is 0 Å². The zero-order valence-corrected chi connectivity index (χ0v) is 12.6. The number of imidazole rings is 1. The molecule has 5 nitrogen and oxygen atoms in total. The van der Waals surface area contributed by atoms with E-state index < -0.39 is 0 Å². The molecule has 0 radical (unpaired) electrons. The Balaban J connectivity index is 1.53. The molecular weight excluding hydrogens is 276 g/mol. The summed E-state index contributed by atoms with van der Waals surface area (Å²) in [4.78, 5) is 11.4. The number of benzene rings is 1. The van der Waals surface area contributed by atoms with E-state index in [1.165, 1.54) is 0 Å². The zero-order chi connectivity index (χ0) is 14.9. The van der Waals surface area contributed by atoms with Crippen LogP contribution in [-0.4, -0.2) is 26.0 Å². The number of aryl methyl sites for hydroxylation is 1. The molecule has 1 aliphatic rings. The van der Waals surface area contributed by atoms with Crippen LogP contribution in [0.5, 0.6) is 0 Å². The molecular formula is C17H18N4O. The lowest BCUT2D eigenvalue weighted by atomic mass is 10.2. The second-order valence-electron chi connectivity index (χ2n) is 5.64. The third kappa shape index (κ3) is 2.44. The first-order valence-electron chi connectivity index (χ1n) is 7.54. The molecule has 0 amide bonds. The highest BCUT2D eigenvalue weighted by atomic mass is 16.4. The minimum Gasteiger partial charge on any atom is -0.441 e. The molecule has 3 heterocycles. The molecule has 0 aliphatic carbocycles. The maximum Gasteiger partial charge on any atom is 0.226 e. The lowest BCUT2D eigenvalue weighted by Crippen LogP contribution is -2.33. The van der Waals surface area contributed by atoms with Crippen LogP contribution in [0.3, 0.4) is 0 Å². The van der Waals surface area contributed by atoms with Gasteiger partial charge in [0, 0.05) is 37.6 Å². The van der Waals surface area contributed by atoms with Crippen molar-refractivity contribution < 1.29 is 4.42 Å². The van der Waals surface area contributed by atoms with Crippen LogP contribution in [0, 0.1) is 6.92 Å². The third-order valence-corrected chi connectivity index (χ3v) is 4.11. The lowest BCUT2D eigenvalue weighted by molar-refractivity contribution is 0.206. The van der Waals surface area contributed by atoms with Gasteiger partial charge < -0.3 is 8.98 Å². The van der Waals surface area contributed by atoms with Crippen LogP contribution < -0.4 is 0 Å². The molecule has 0 unspecified atom stereocenters. The lowest BCUT2D eigenvalue weighted by Gasteiger charge is -2.26. The van der Waals surface area contributed by atoms with E-state index in [0.717, 1.165) is 49.0 Å². The third-order valence-electron chi connectivity index (χ3n) is 4.11. The minimum absolute atomic E-state index is 0.701. The zero-order valence-electron chi connectivity index (χ0n) is 12.6. The molecule has 0 N–H and O–H groups in total. The number of nitrogens with zero attached hydrogens (tertiary/aromatic N) is 4. The number of aromatic nitrogens is 3. The van der Waals surface area contributed by atoms with Crippen molar-refractivity contribution in [2.24, 2.45) is 0 Å². The molecule has 1 aromatic carbocycles. The highest BCUT2D eigenvalue weighted by molar-refractivity contribution is 5.53. The first-order valence-corrected chi connectivity index (χ1v) is 7.54. The van der Waals surface area contributed by atoms with E-state index in [9.17, 15) is 0 Å². The molecule has 22 heavy (non-hydrogen) atoms. The van der Waals surface area contributed by atoms with Crippen molar-refractivity contribution in [1.82, 2.24) is 19.4 Å². The highest BCUT2D eigenvalue weighted by Crippen LogP contribution is 2.23. The first-order chi connectivity index (χ1) is 10.8. The molecule has 0 saturated carbocycles. The Labute approximate surface area is 129 Å². The van der Waals surface area contributed by atoms with Gasteiger partial charge in [-0.2, -0.15) is 0 Å². The van der Waals surface area contributed by atoms with E-state index in [1.807, 2.05) is 49.6 Å². The van der Waals surface area contributed by atoms with Crippen molar-refractivity contribution >= 4 is 0 Å². The van der Waals surface area contributed by atoms with Gasteiger partial charge in [0.25, 0.3) is 0 Å². The molecule has 4 rings (SSSR count). The van der Waals surface area contributed by atoms with Gasteiger partial charge in [-0.1, -0.05) is 18.2 Å². The van der Waals surface area contributed by atoms with Gasteiger partial charge in [0.2, 0.25) is 5.89 Å². The van der Waals surface area contributed by atoms with Gasteiger partial charge in [-0.3, -0.25) is 4.90 Å². The van der Waals surface area contributed by atoms with Crippen molar-refractivity contribution in [3.8, 4) is 11.5 Å². The molecule has 0 atom stereocenters. The average Bonchev–Trinajstić information content (AvgIpc) is 3.15. The highest BCUT2D eigenvalue weighted by Gasteiger charge is 2.19. The fourth-order valence-electron chi connectivity index (χ4n) is 2.85. The van der Waals surface area contributed by atoms with Gasteiger partial charge >= 0.3 is 0 Å². The quantitative estimate of drug-likeness (QED) is 0.745. The van der Waals surface area contributed by atoms with Gasteiger partial charge in [-0.15, -0.1) is 0 Å². The Morgan fingerprint density at radius 3 is 2.91 bits per heavy atom. The number of oxazole rings is 1. The van der Waals surface area contributed by atoms with E-state index in [-0.39, 0.29) is 0 Å². The molecule has 5 heteroatoms. The van der Waals surface area contributed by atoms with Gasteiger partial charge in [0.15, 0.2) is 0 Å². The fraction of sp³-hybridized carbons (Fsp3) is 0.294. The van der Waals surface area contributed by atoms with E-state index in [2.05, 4.69) is 19.4 Å². The normalized spacial score (nSPS) is 15.0. The van der Waals surface area contributed by atoms with Gasteiger partial charge in [-0.05, 0) is 19.1 Å². The first kappa shape index (κ1) is 13.3. The summed E-state index contributed by atoms with van der Waals surface area (Å²) in [6, 6.07) is 10.0. The van der Waals surface area contributed by atoms with Gasteiger partial charge in [0.05, 0.1) is 12.2 Å². The molecule has 112 valence electrons. The predicted molar refractivity (Wildman–Crippen MR) is 83.0 cm³/mol. The van der Waals surface area contributed by atoms with Crippen LogP contribution in [0.15, 0.2) is 47.1 Å². The molecule has 0 fully saturated rings. The van der Waals surface area contributed by atoms with Crippen LogP contribution in [0.1, 0.15) is 17.3 Å². The largest absolute Gasteiger partial charge is 0.441 e. The SMILES string of the molecule is Cc1oc(-c2ccccc2)nc1CN1CCn2ccnc2C1. The summed E-state index contributed by atoms with van der Waals surface area (Å²) in [5.74, 6) is 2.72. The van der Waals surface area contributed by atoms with Gasteiger partial charge in [0.1, 0.15) is 11.6 Å². The van der Waals surface area contributed by atoms with Crippen LogP contribution in [0.4, 0.5) is 0 Å². The molecule has 2 aromatic heterocycles. The monoisotopic (exact) mass is 294 g/mol. The molecule has 0 saturated heterocycles. The van der Waals surface area contributed by atoms with Crippen molar-refractivity contribution in [2.45, 2.75) is 26.6 Å². The fourth-order valence-corrected chi connectivity index (χ4v) is 2.85. The molecule has 1 aliphatic heterocycles. The summed E-state index contributed by atoms with van der Waals surface area (Å²) < 4.78 is 8.05. The molecule has 3 aromatic rings. The van der Waals surface area contributed by atoms with E-state index in [0.29, 0.717) is 5.89 Å². The summed E-state index contributed by atoms with van der Waals surface area (Å²) in [5.41, 5.74) is 2.03. The number of hydrogen-bond donors (Lipinski definition) is 0. The number of rotatable bonds is 3. The maximum absolute atomic E-state index is 5.84. The van der Waals surface area contributed by atoms with Crippen molar-refractivity contribution in [1.29, 1.82) is 0 Å². The van der Waals surface area contributed by atoms with Crippen LogP contribution in [0.25, 0.3) is 11.5 Å². The van der Waals surface area contributed by atoms with E-state index >= 15 is 0 Å². The number of fused-ring (bicyclic) bond motifs is 1. The second-order valence-corrected chi connectivity index (χ2v) is 5.64. The molecule has 0 bridgehead atoms. The molecule has 0 spiro atoms. The van der Waals surface area contributed by atoms with Crippen LogP contribution in [-0.2, 0) is 19.6 Å². The topological polar surface area (TPSA) is 47.1 Å². The Bertz CT molecular complexity index is 775. The van der Waals surface area contributed by atoms with Crippen LogP contribution in [0.2, 0.25) is 0 Å². The Hall–Kier alpha value is -2.40. The smallest absolute Gasteiger partial charge is 0.226 e. The maximum atomic E-state index is 5.84. The summed E-state index contributed by atoms with van der Waals surface area (Å²) in [6.45, 7) is 5.64. The average molecular weight is 294 g/mol. The standard InChI is InChI=1S/C17H18N4O/c1-13-15(19-17(22-13)14-5-3-2-4-6-14)11-20-9-10-21-8-7-18-16(21)12-20/h2-8H,9-12H2,1H3. The van der Waals surface area contributed by atoms with E-state index in [1.54, 1.807) is 0 Å². The summed E-state index contributed by atoms with van der Waals surface area (Å²) in [5, 5.41) is 0. The summed E-state index contributed by atoms with van der Waals surface area (Å²) in [6.07, 6.45) is 3.91. The Morgan fingerprint density at radius 1 is 1.18 bits per heavy atom. The van der Waals surface area contributed by atoms with Gasteiger partial charge in [-0.25, -0.2) is 9.97 Å². The Kier molecular flexibility index (Phi) is 3.27. The van der Waals surface area contributed by atoms with Crippen molar-refractivity contribution in [3.05, 3.63) is 60.0 Å². The predicted octanol–water partition coefficient (Wildman–Crippen LogP) is 2.86. The van der Waals surface area contributed by atoms with Crippen molar-refractivity contribution in [3.63, 3.8) is 0 Å². The second kappa shape index (κ2) is 5.42. The van der Waals surface area contributed by atoms with Crippen molar-refractivity contribution in [2.75, 3.05) is 6.54 Å². The Morgan fingerprint density at radius 2 is 2.05 bits per heavy atom. The summed E-state index contributed by atoms with van der Waals surface area (Å²) >= 11 is 0. The minimum atomic E-state index is 0.701. The number of hydrogen-bond acceptors (Lipinski definition) is 4. The van der Waals surface area contributed by atoms with E-state index in [4.69, 9.17) is 4.42 Å².